The summed E-state index contributed by atoms with van der Waals surface area (Å²) in [5.41, 5.74) is 1.44. The van der Waals surface area contributed by atoms with Crippen molar-refractivity contribution in [3.63, 3.8) is 0 Å². The van der Waals surface area contributed by atoms with Crippen molar-refractivity contribution in [2.45, 2.75) is 26.8 Å². The molecule has 0 aliphatic rings. The highest BCUT2D eigenvalue weighted by Gasteiger charge is 2.19. The van der Waals surface area contributed by atoms with Crippen molar-refractivity contribution in [2.75, 3.05) is 6.61 Å². The van der Waals surface area contributed by atoms with Gasteiger partial charge < -0.3 is 10.1 Å². The number of aryl methyl sites for hydroxylation is 1. The van der Waals surface area contributed by atoms with Crippen molar-refractivity contribution in [3.8, 4) is 5.69 Å². The summed E-state index contributed by atoms with van der Waals surface area (Å²) < 4.78 is 19.9. The molecule has 0 atom stereocenters. The van der Waals surface area contributed by atoms with E-state index in [2.05, 4.69) is 10.4 Å². The fraction of sp³-hybridized carbons (Fsp3) is 0.278. The third-order valence-corrected chi connectivity index (χ3v) is 4.69. The van der Waals surface area contributed by atoms with Gasteiger partial charge >= 0.3 is 5.97 Å². The van der Waals surface area contributed by atoms with E-state index in [0.717, 1.165) is 15.9 Å². The molecule has 0 bridgehead atoms. The Labute approximate surface area is 153 Å². The molecule has 0 spiro atoms. The number of thiophene rings is 1. The predicted molar refractivity (Wildman–Crippen MR) is 97.2 cm³/mol. The van der Waals surface area contributed by atoms with Crippen LogP contribution in [0.25, 0.3) is 15.9 Å². The minimum Gasteiger partial charge on any atom is -0.451 e. The SMILES string of the molecule is Cc1nn(-c2ccc(F)cc2)c2sc(C(=O)OCC(=O)NC(C)C)cc12. The van der Waals surface area contributed by atoms with Gasteiger partial charge in [0.1, 0.15) is 15.5 Å². The van der Waals surface area contributed by atoms with Gasteiger partial charge in [-0.25, -0.2) is 13.9 Å². The summed E-state index contributed by atoms with van der Waals surface area (Å²) in [6, 6.07) is 7.63. The molecule has 2 aromatic heterocycles. The molecule has 1 aromatic carbocycles. The number of amides is 1. The molecule has 6 nitrogen and oxygen atoms in total. The van der Waals surface area contributed by atoms with Gasteiger partial charge in [0.05, 0.1) is 11.4 Å². The summed E-state index contributed by atoms with van der Waals surface area (Å²) in [6.07, 6.45) is 0. The molecule has 0 aliphatic carbocycles. The van der Waals surface area contributed by atoms with E-state index in [9.17, 15) is 14.0 Å². The van der Waals surface area contributed by atoms with E-state index in [1.54, 1.807) is 22.9 Å². The molecule has 26 heavy (non-hydrogen) atoms. The van der Waals surface area contributed by atoms with Crippen molar-refractivity contribution >= 4 is 33.4 Å². The summed E-state index contributed by atoms with van der Waals surface area (Å²) in [5, 5.41) is 7.92. The quantitative estimate of drug-likeness (QED) is 0.695. The second kappa shape index (κ2) is 7.25. The maximum Gasteiger partial charge on any atom is 0.348 e. The van der Waals surface area contributed by atoms with Crippen molar-refractivity contribution in [1.29, 1.82) is 0 Å². The lowest BCUT2D eigenvalue weighted by Crippen LogP contribution is -2.33. The van der Waals surface area contributed by atoms with Gasteiger partial charge in [-0.05, 0) is 51.1 Å². The number of hydrogen-bond donors (Lipinski definition) is 1. The third kappa shape index (κ3) is 3.75. The molecule has 3 rings (SSSR count). The van der Waals surface area contributed by atoms with E-state index in [1.165, 1.54) is 23.5 Å². The monoisotopic (exact) mass is 375 g/mol. The number of hydrogen-bond acceptors (Lipinski definition) is 5. The largest absolute Gasteiger partial charge is 0.451 e. The van der Waals surface area contributed by atoms with E-state index >= 15 is 0 Å². The lowest BCUT2D eigenvalue weighted by atomic mass is 10.3. The van der Waals surface area contributed by atoms with E-state index in [1.807, 2.05) is 20.8 Å². The molecule has 136 valence electrons. The average Bonchev–Trinajstić information content (AvgIpc) is 3.14. The van der Waals surface area contributed by atoms with Gasteiger partial charge in [-0.2, -0.15) is 5.10 Å². The highest BCUT2D eigenvalue weighted by Crippen LogP contribution is 2.30. The molecule has 1 N–H and O–H groups in total. The van der Waals surface area contributed by atoms with Gasteiger partial charge in [-0.3, -0.25) is 4.79 Å². The normalized spacial score (nSPS) is 11.1. The molecule has 0 saturated carbocycles. The summed E-state index contributed by atoms with van der Waals surface area (Å²) in [6.45, 7) is 5.17. The Morgan fingerprint density at radius 1 is 1.31 bits per heavy atom. The zero-order valence-electron chi connectivity index (χ0n) is 14.6. The second-order valence-electron chi connectivity index (χ2n) is 6.10. The van der Waals surface area contributed by atoms with Gasteiger partial charge in [0.15, 0.2) is 6.61 Å². The van der Waals surface area contributed by atoms with Crippen molar-refractivity contribution in [1.82, 2.24) is 15.1 Å². The van der Waals surface area contributed by atoms with Crippen LogP contribution in [0.15, 0.2) is 30.3 Å². The van der Waals surface area contributed by atoms with Gasteiger partial charge in [-0.1, -0.05) is 0 Å². The number of fused-ring (bicyclic) bond motifs is 1. The number of nitrogens with zero attached hydrogens (tertiary/aromatic N) is 2. The van der Waals surface area contributed by atoms with Crippen LogP contribution >= 0.6 is 11.3 Å². The molecule has 0 radical (unpaired) electrons. The maximum absolute atomic E-state index is 13.1. The predicted octanol–water partition coefficient (Wildman–Crippen LogP) is 3.22. The minimum atomic E-state index is -0.560. The number of halogens is 1. The smallest absolute Gasteiger partial charge is 0.348 e. The van der Waals surface area contributed by atoms with Gasteiger partial charge in [-0.15, -0.1) is 11.3 Å². The van der Waals surface area contributed by atoms with Crippen LogP contribution in [-0.2, 0) is 9.53 Å². The number of nitrogens with one attached hydrogen (secondary N) is 1. The Hall–Kier alpha value is -2.74. The van der Waals surface area contributed by atoms with E-state index in [-0.39, 0.29) is 24.4 Å². The molecular weight excluding hydrogens is 357 g/mol. The number of benzene rings is 1. The zero-order chi connectivity index (χ0) is 18.8. The summed E-state index contributed by atoms with van der Waals surface area (Å²) in [4.78, 5) is 25.0. The van der Waals surface area contributed by atoms with Crippen molar-refractivity contribution < 1.29 is 18.7 Å². The van der Waals surface area contributed by atoms with E-state index in [0.29, 0.717) is 10.6 Å². The summed E-state index contributed by atoms with van der Waals surface area (Å²) in [5.74, 6) is -1.23. The van der Waals surface area contributed by atoms with Crippen LogP contribution in [0, 0.1) is 12.7 Å². The van der Waals surface area contributed by atoms with Gasteiger partial charge in [0.2, 0.25) is 0 Å². The highest BCUT2D eigenvalue weighted by atomic mass is 32.1. The van der Waals surface area contributed by atoms with Crippen LogP contribution in [0.4, 0.5) is 4.39 Å². The van der Waals surface area contributed by atoms with E-state index in [4.69, 9.17) is 4.74 Å². The number of carbonyl (C=O) groups excluding carboxylic acids is 2. The summed E-state index contributed by atoms with van der Waals surface area (Å²) >= 11 is 1.22. The van der Waals surface area contributed by atoms with Gasteiger partial charge in [0, 0.05) is 11.4 Å². The number of ether oxygens (including phenoxy) is 1. The first-order valence-corrected chi connectivity index (χ1v) is 8.88. The molecule has 0 aliphatic heterocycles. The maximum atomic E-state index is 13.1. The fourth-order valence-corrected chi connectivity index (χ4v) is 3.55. The van der Waals surface area contributed by atoms with Crippen LogP contribution < -0.4 is 5.32 Å². The van der Waals surface area contributed by atoms with Crippen LogP contribution in [0.2, 0.25) is 0 Å². The topological polar surface area (TPSA) is 73.2 Å². The number of esters is 1. The first kappa shape index (κ1) is 18.1. The molecule has 1 amide bonds. The fourth-order valence-electron chi connectivity index (χ4n) is 2.47. The second-order valence-corrected chi connectivity index (χ2v) is 7.13. The third-order valence-electron chi connectivity index (χ3n) is 3.60. The number of carbonyl (C=O) groups is 2. The average molecular weight is 375 g/mol. The van der Waals surface area contributed by atoms with Crippen LogP contribution in [0.1, 0.15) is 29.2 Å². The Morgan fingerprint density at radius 2 is 2.00 bits per heavy atom. The Balaban J connectivity index is 1.83. The highest BCUT2D eigenvalue weighted by molar-refractivity contribution is 7.20. The molecule has 0 unspecified atom stereocenters. The van der Waals surface area contributed by atoms with Crippen LogP contribution in [0.3, 0.4) is 0 Å². The Morgan fingerprint density at radius 3 is 2.65 bits per heavy atom. The molecular formula is C18H18FN3O3S. The Bertz CT molecular complexity index is 960. The first-order chi connectivity index (χ1) is 12.3. The van der Waals surface area contributed by atoms with Gasteiger partial charge in [0.25, 0.3) is 5.91 Å². The minimum absolute atomic E-state index is 0.0186. The van der Waals surface area contributed by atoms with Crippen LogP contribution in [-0.4, -0.2) is 34.3 Å². The van der Waals surface area contributed by atoms with Crippen molar-refractivity contribution in [2.24, 2.45) is 0 Å². The number of rotatable bonds is 5. The standard InChI is InChI=1S/C18H18FN3O3S/c1-10(2)20-16(23)9-25-18(24)15-8-14-11(3)21-22(17(14)26-15)13-6-4-12(19)5-7-13/h4-8,10H,9H2,1-3H3,(H,20,23). The lowest BCUT2D eigenvalue weighted by molar-refractivity contribution is -0.124. The first-order valence-electron chi connectivity index (χ1n) is 8.06. The van der Waals surface area contributed by atoms with E-state index < -0.39 is 5.97 Å². The Kier molecular flexibility index (Phi) is 5.03. The molecule has 8 heteroatoms. The summed E-state index contributed by atoms with van der Waals surface area (Å²) in [7, 11) is 0. The molecule has 0 saturated heterocycles. The zero-order valence-corrected chi connectivity index (χ0v) is 15.4. The van der Waals surface area contributed by atoms with Crippen molar-refractivity contribution in [3.05, 3.63) is 46.7 Å². The number of aromatic nitrogens is 2. The van der Waals surface area contributed by atoms with Crippen LogP contribution in [0.5, 0.6) is 0 Å². The molecule has 3 aromatic rings. The molecule has 2 heterocycles. The molecule has 0 fully saturated rings. The lowest BCUT2D eigenvalue weighted by Gasteiger charge is -2.08.